The summed E-state index contributed by atoms with van der Waals surface area (Å²) >= 11 is 0. The number of ether oxygens (including phenoxy) is 1. The Morgan fingerprint density at radius 2 is 1.31 bits per heavy atom. The molecule has 0 aliphatic carbocycles. The van der Waals surface area contributed by atoms with Crippen LogP contribution < -0.4 is 10.1 Å². The Labute approximate surface area is 210 Å². The number of nitrogens with zero attached hydrogens (tertiary/aromatic N) is 1. The van der Waals surface area contributed by atoms with Gasteiger partial charge in [-0.05, 0) is 36.8 Å². The summed E-state index contributed by atoms with van der Waals surface area (Å²) in [4.78, 5) is 27.1. The topological polar surface area (TPSA) is 88.5 Å². The van der Waals surface area contributed by atoms with Crippen LogP contribution in [0.5, 0.6) is 5.75 Å². The van der Waals surface area contributed by atoms with Crippen molar-refractivity contribution in [1.82, 2.24) is 4.98 Å². The summed E-state index contributed by atoms with van der Waals surface area (Å²) in [5.41, 5.74) is 1.33. The molecule has 0 saturated heterocycles. The number of nitrogens with one attached hydrogen (secondary N) is 1. The highest BCUT2D eigenvalue weighted by atomic mass is 16.5. The maximum absolute atomic E-state index is 12.3. The minimum Gasteiger partial charge on any atom is -0.478 e. The van der Waals surface area contributed by atoms with E-state index in [1.807, 2.05) is 12.1 Å². The van der Waals surface area contributed by atoms with Crippen molar-refractivity contribution in [2.24, 2.45) is 0 Å². The molecule has 0 aliphatic heterocycles. The SMILES string of the molecule is CCCCCCCCCCCCCCCCNc1ccc(C(=O)Oc2cncc(C(=O)O)c2)cc1. The molecule has 0 atom stereocenters. The lowest BCUT2D eigenvalue weighted by Crippen LogP contribution is -2.10. The lowest BCUT2D eigenvalue weighted by molar-refractivity contribution is 0.0686. The van der Waals surface area contributed by atoms with Gasteiger partial charge < -0.3 is 15.2 Å². The second-order valence-corrected chi connectivity index (χ2v) is 9.20. The second kappa shape index (κ2) is 17.5. The van der Waals surface area contributed by atoms with Gasteiger partial charge in [0.1, 0.15) is 5.75 Å². The molecule has 0 amide bonds. The fraction of sp³-hybridized carbons (Fsp3) is 0.552. The lowest BCUT2D eigenvalue weighted by Gasteiger charge is -2.08. The molecule has 6 heteroatoms. The van der Waals surface area contributed by atoms with Crippen LogP contribution in [0, 0.1) is 0 Å². The summed E-state index contributed by atoms with van der Waals surface area (Å²) in [5, 5.41) is 12.4. The third-order valence-corrected chi connectivity index (χ3v) is 6.15. The number of pyridine rings is 1. The molecule has 1 aromatic heterocycles. The Bertz CT molecular complexity index is 867. The number of esters is 1. The molecule has 192 valence electrons. The Morgan fingerprint density at radius 3 is 1.86 bits per heavy atom. The third-order valence-electron chi connectivity index (χ3n) is 6.15. The van der Waals surface area contributed by atoms with Gasteiger partial charge in [-0.3, -0.25) is 4.98 Å². The number of benzene rings is 1. The van der Waals surface area contributed by atoms with Crippen LogP contribution in [0.4, 0.5) is 5.69 Å². The molecule has 2 N–H and O–H groups in total. The van der Waals surface area contributed by atoms with Gasteiger partial charge in [-0.15, -0.1) is 0 Å². The maximum atomic E-state index is 12.3. The molecule has 35 heavy (non-hydrogen) atoms. The van der Waals surface area contributed by atoms with Crippen molar-refractivity contribution in [3.8, 4) is 5.75 Å². The molecular weight excluding hydrogens is 440 g/mol. The molecule has 0 saturated carbocycles. The minimum atomic E-state index is -1.12. The average molecular weight is 483 g/mol. The zero-order valence-corrected chi connectivity index (χ0v) is 21.3. The third kappa shape index (κ3) is 12.4. The molecule has 6 nitrogen and oxygen atoms in total. The van der Waals surface area contributed by atoms with Crippen LogP contribution in [0.1, 0.15) is 118 Å². The summed E-state index contributed by atoms with van der Waals surface area (Å²) in [7, 11) is 0. The van der Waals surface area contributed by atoms with Gasteiger partial charge in [-0.1, -0.05) is 90.4 Å². The van der Waals surface area contributed by atoms with E-state index >= 15 is 0 Å². The van der Waals surface area contributed by atoms with Gasteiger partial charge in [0.15, 0.2) is 0 Å². The standard InChI is InChI=1S/C29H42N2O4/c1-2-3-4-5-6-7-8-9-10-11-12-13-14-15-20-31-26-18-16-24(17-19-26)29(34)35-27-21-25(28(32)33)22-30-23-27/h16-19,21-23,31H,2-15,20H2,1H3,(H,32,33). The summed E-state index contributed by atoms with van der Waals surface area (Å²) in [6.07, 6.45) is 21.4. The van der Waals surface area contributed by atoms with E-state index in [-0.39, 0.29) is 11.3 Å². The van der Waals surface area contributed by atoms with Gasteiger partial charge in [0, 0.05) is 18.4 Å². The second-order valence-electron chi connectivity index (χ2n) is 9.20. The number of aromatic nitrogens is 1. The molecule has 0 bridgehead atoms. The monoisotopic (exact) mass is 482 g/mol. The Morgan fingerprint density at radius 1 is 0.771 bits per heavy atom. The molecule has 0 aliphatic rings. The first-order valence-corrected chi connectivity index (χ1v) is 13.3. The Balaban J connectivity index is 1.50. The first-order valence-electron chi connectivity index (χ1n) is 13.3. The number of hydrogen-bond acceptors (Lipinski definition) is 5. The molecule has 0 spiro atoms. The summed E-state index contributed by atoms with van der Waals surface area (Å²) in [5.74, 6) is -1.56. The molecule has 1 aromatic carbocycles. The number of carbonyl (C=O) groups excluding carboxylic acids is 1. The van der Waals surface area contributed by atoms with Gasteiger partial charge in [0.05, 0.1) is 17.3 Å². The number of carboxylic acids is 1. The quantitative estimate of drug-likeness (QED) is 0.156. The highest BCUT2D eigenvalue weighted by Gasteiger charge is 2.11. The van der Waals surface area contributed by atoms with Gasteiger partial charge in [-0.25, -0.2) is 9.59 Å². The van der Waals surface area contributed by atoms with Crippen molar-refractivity contribution in [3.63, 3.8) is 0 Å². The van der Waals surface area contributed by atoms with Crippen LogP contribution in [-0.2, 0) is 0 Å². The molecule has 0 fully saturated rings. The lowest BCUT2D eigenvalue weighted by atomic mass is 10.0. The maximum Gasteiger partial charge on any atom is 0.343 e. The number of hydrogen-bond donors (Lipinski definition) is 2. The number of carboxylic acid groups (broad SMARTS) is 1. The number of aromatic carboxylic acids is 1. The van der Waals surface area contributed by atoms with Gasteiger partial charge in [-0.2, -0.15) is 0 Å². The number of carbonyl (C=O) groups is 2. The molecule has 0 unspecified atom stereocenters. The van der Waals surface area contributed by atoms with E-state index in [1.165, 1.54) is 102 Å². The largest absolute Gasteiger partial charge is 0.478 e. The molecule has 2 rings (SSSR count). The van der Waals surface area contributed by atoms with Gasteiger partial charge >= 0.3 is 11.9 Å². The Hall–Kier alpha value is -2.89. The summed E-state index contributed by atoms with van der Waals surface area (Å²) in [6.45, 7) is 3.18. The van der Waals surface area contributed by atoms with Crippen molar-refractivity contribution >= 4 is 17.6 Å². The van der Waals surface area contributed by atoms with Crippen LogP contribution in [0.2, 0.25) is 0 Å². The van der Waals surface area contributed by atoms with Crippen molar-refractivity contribution in [3.05, 3.63) is 53.9 Å². The number of rotatable bonds is 19. The van der Waals surface area contributed by atoms with Gasteiger partial charge in [0.25, 0.3) is 0 Å². The van der Waals surface area contributed by atoms with E-state index in [4.69, 9.17) is 9.84 Å². The van der Waals surface area contributed by atoms with Crippen molar-refractivity contribution < 1.29 is 19.4 Å². The van der Waals surface area contributed by atoms with Crippen LogP contribution in [0.15, 0.2) is 42.7 Å². The van der Waals surface area contributed by atoms with Crippen LogP contribution in [0.25, 0.3) is 0 Å². The first kappa shape index (κ1) is 28.3. The van der Waals surface area contributed by atoms with Gasteiger partial charge in [0.2, 0.25) is 0 Å². The van der Waals surface area contributed by atoms with Crippen LogP contribution in [-0.4, -0.2) is 28.6 Å². The van der Waals surface area contributed by atoms with Crippen LogP contribution >= 0.6 is 0 Å². The normalized spacial score (nSPS) is 10.8. The average Bonchev–Trinajstić information content (AvgIpc) is 2.87. The molecule has 0 radical (unpaired) electrons. The van der Waals surface area contributed by atoms with Crippen molar-refractivity contribution in [1.29, 1.82) is 0 Å². The number of anilines is 1. The zero-order chi connectivity index (χ0) is 25.1. The fourth-order valence-electron chi connectivity index (χ4n) is 4.03. The highest BCUT2D eigenvalue weighted by molar-refractivity contribution is 5.92. The van der Waals surface area contributed by atoms with E-state index < -0.39 is 11.9 Å². The smallest absolute Gasteiger partial charge is 0.343 e. The van der Waals surface area contributed by atoms with Crippen molar-refractivity contribution in [2.75, 3.05) is 11.9 Å². The first-order chi connectivity index (χ1) is 17.1. The molecule has 1 heterocycles. The molecule has 2 aromatic rings. The predicted molar refractivity (Wildman–Crippen MR) is 141 cm³/mol. The van der Waals surface area contributed by atoms with E-state index in [0.717, 1.165) is 18.7 Å². The highest BCUT2D eigenvalue weighted by Crippen LogP contribution is 2.16. The van der Waals surface area contributed by atoms with E-state index in [9.17, 15) is 9.59 Å². The van der Waals surface area contributed by atoms with Crippen LogP contribution in [0.3, 0.4) is 0 Å². The molecular formula is C29H42N2O4. The predicted octanol–water partition coefficient (Wildman–Crippen LogP) is 7.89. The van der Waals surface area contributed by atoms with E-state index in [1.54, 1.807) is 12.1 Å². The minimum absolute atomic E-state index is 0.0293. The fourth-order valence-corrected chi connectivity index (χ4v) is 4.03. The number of unbranched alkanes of at least 4 members (excludes halogenated alkanes) is 13. The van der Waals surface area contributed by atoms with Crippen molar-refractivity contribution in [2.45, 2.75) is 96.8 Å². The van der Waals surface area contributed by atoms with E-state index in [2.05, 4.69) is 17.2 Å². The Kier molecular flexibility index (Phi) is 14.2. The zero-order valence-electron chi connectivity index (χ0n) is 21.3. The summed E-state index contributed by atoms with van der Waals surface area (Å²) < 4.78 is 5.24. The summed E-state index contributed by atoms with van der Waals surface area (Å²) in [6, 6.07) is 8.38. The van der Waals surface area contributed by atoms with E-state index in [0.29, 0.717) is 5.56 Å².